The van der Waals surface area contributed by atoms with Crippen molar-refractivity contribution in [2.24, 2.45) is 0 Å². The molecule has 7 nitrogen and oxygen atoms in total. The van der Waals surface area contributed by atoms with Gasteiger partial charge >= 0.3 is 0 Å². The molecule has 1 aliphatic rings. The number of nitrogens with one attached hydrogen (secondary N) is 1. The summed E-state index contributed by atoms with van der Waals surface area (Å²) in [5.74, 6) is 0.716. The van der Waals surface area contributed by atoms with Crippen molar-refractivity contribution in [3.8, 4) is 5.75 Å². The molecule has 0 saturated carbocycles. The average molecular weight is 467 g/mol. The van der Waals surface area contributed by atoms with E-state index in [1.54, 1.807) is 7.11 Å². The van der Waals surface area contributed by atoms with Crippen LogP contribution in [0.1, 0.15) is 16.0 Å². The molecule has 1 saturated heterocycles. The molecular formula is C25H30N4O3S. The lowest BCUT2D eigenvalue weighted by molar-refractivity contribution is -0.117. The lowest BCUT2D eigenvalue weighted by Crippen LogP contribution is -2.40. The number of likely N-dealkylation sites (tertiary alicyclic amines) is 1. The molecule has 1 amide bonds. The molecule has 0 radical (unpaired) electrons. The predicted molar refractivity (Wildman–Crippen MR) is 131 cm³/mol. The average Bonchev–Trinajstić information content (AvgIpc) is 3.40. The minimum Gasteiger partial charge on any atom is -0.497 e. The highest BCUT2D eigenvalue weighted by molar-refractivity contribution is 7.15. The second-order valence-electron chi connectivity index (χ2n) is 8.43. The summed E-state index contributed by atoms with van der Waals surface area (Å²) in [6.07, 6.45) is 2.12. The van der Waals surface area contributed by atoms with Gasteiger partial charge in [0.05, 0.1) is 19.8 Å². The number of carbonyl (C=O) groups excluding carboxylic acids is 1. The Labute approximate surface area is 198 Å². The first-order valence-electron chi connectivity index (χ1n) is 11.0. The first-order valence-corrected chi connectivity index (χ1v) is 11.8. The molecule has 1 aliphatic heterocycles. The molecule has 8 heteroatoms. The molecule has 0 spiro atoms. The van der Waals surface area contributed by atoms with Crippen LogP contribution in [-0.2, 0) is 17.8 Å². The SMILES string of the molecule is COc1ccc(CN(C)[C@H]2CN(CC(=O)Nc3ncc(Cc4ccccc4)s3)C[C@@H]2O)cc1. The Morgan fingerprint density at radius 1 is 1.18 bits per heavy atom. The smallest absolute Gasteiger partial charge is 0.240 e. The summed E-state index contributed by atoms with van der Waals surface area (Å²) in [5.41, 5.74) is 2.37. The number of hydrogen-bond donors (Lipinski definition) is 2. The zero-order chi connectivity index (χ0) is 23.2. The molecule has 0 aliphatic carbocycles. The van der Waals surface area contributed by atoms with Crippen molar-refractivity contribution in [2.45, 2.75) is 25.1 Å². The summed E-state index contributed by atoms with van der Waals surface area (Å²) in [4.78, 5) is 22.2. The van der Waals surface area contributed by atoms with Gasteiger partial charge in [0.2, 0.25) is 5.91 Å². The predicted octanol–water partition coefficient (Wildman–Crippen LogP) is 2.86. The van der Waals surface area contributed by atoms with Crippen molar-refractivity contribution in [3.63, 3.8) is 0 Å². The topological polar surface area (TPSA) is 77.9 Å². The van der Waals surface area contributed by atoms with Crippen LogP contribution in [0, 0.1) is 0 Å². The zero-order valence-corrected chi connectivity index (χ0v) is 19.8. The number of β-amino-alcohol motifs (C(OH)–C–C–N with tert-alkyl or cyclic N) is 1. The zero-order valence-electron chi connectivity index (χ0n) is 19.0. The second kappa shape index (κ2) is 10.9. The standard InChI is InChI=1S/C25H30N4O3S/c1-28(14-19-8-10-20(32-2)11-9-19)22-15-29(16-23(22)30)17-24(31)27-25-26-13-21(33-25)12-18-6-4-3-5-7-18/h3-11,13,22-23,30H,12,14-17H2,1-2H3,(H,26,27,31)/t22-,23-/m0/s1. The number of hydrogen-bond acceptors (Lipinski definition) is 7. The summed E-state index contributed by atoms with van der Waals surface area (Å²) >= 11 is 1.50. The van der Waals surface area contributed by atoms with E-state index in [-0.39, 0.29) is 18.5 Å². The molecule has 2 N–H and O–H groups in total. The first-order chi connectivity index (χ1) is 16.0. The lowest BCUT2D eigenvalue weighted by Gasteiger charge is -2.26. The summed E-state index contributed by atoms with van der Waals surface area (Å²) in [6, 6.07) is 18.1. The van der Waals surface area contributed by atoms with Crippen molar-refractivity contribution in [3.05, 3.63) is 76.8 Å². The molecule has 1 aromatic heterocycles. The molecule has 2 atom stereocenters. The van der Waals surface area contributed by atoms with E-state index in [1.807, 2.05) is 60.6 Å². The summed E-state index contributed by atoms with van der Waals surface area (Å²) in [6.45, 7) is 2.06. The lowest BCUT2D eigenvalue weighted by atomic mass is 10.1. The van der Waals surface area contributed by atoms with Crippen LogP contribution in [0.25, 0.3) is 0 Å². The Hall–Kier alpha value is -2.78. The number of rotatable bonds is 9. The van der Waals surface area contributed by atoms with E-state index in [4.69, 9.17) is 4.74 Å². The maximum atomic E-state index is 12.6. The van der Waals surface area contributed by atoms with Crippen molar-refractivity contribution in [2.75, 3.05) is 39.1 Å². The van der Waals surface area contributed by atoms with E-state index in [0.717, 1.165) is 29.2 Å². The molecule has 1 fully saturated rings. The van der Waals surface area contributed by atoms with Gasteiger partial charge in [-0.05, 0) is 30.3 Å². The number of aromatic nitrogens is 1. The minimum absolute atomic E-state index is 0.0303. The number of likely N-dealkylation sites (N-methyl/N-ethyl adjacent to an activating group) is 1. The quantitative estimate of drug-likeness (QED) is 0.505. The van der Waals surface area contributed by atoms with Gasteiger partial charge in [-0.25, -0.2) is 4.98 Å². The third-order valence-electron chi connectivity index (χ3n) is 5.88. The van der Waals surface area contributed by atoms with Crippen LogP contribution in [0.15, 0.2) is 60.8 Å². The maximum Gasteiger partial charge on any atom is 0.240 e. The molecule has 0 bridgehead atoms. The van der Waals surface area contributed by atoms with Crippen LogP contribution in [-0.4, -0.2) is 71.7 Å². The monoisotopic (exact) mass is 466 g/mol. The first kappa shape index (κ1) is 23.4. The van der Waals surface area contributed by atoms with E-state index in [1.165, 1.54) is 16.9 Å². The second-order valence-corrected chi connectivity index (χ2v) is 9.55. The number of amides is 1. The number of thiazole rings is 1. The maximum absolute atomic E-state index is 12.6. The highest BCUT2D eigenvalue weighted by atomic mass is 32.1. The summed E-state index contributed by atoms with van der Waals surface area (Å²) < 4.78 is 5.21. The number of carbonyl (C=O) groups is 1. The van der Waals surface area contributed by atoms with Crippen LogP contribution < -0.4 is 10.1 Å². The van der Waals surface area contributed by atoms with Crippen LogP contribution in [0.2, 0.25) is 0 Å². The Morgan fingerprint density at radius 3 is 2.67 bits per heavy atom. The summed E-state index contributed by atoms with van der Waals surface area (Å²) in [5, 5.41) is 14.1. The number of methoxy groups -OCH3 is 1. The fourth-order valence-corrected chi connectivity index (χ4v) is 5.01. The van der Waals surface area contributed by atoms with E-state index < -0.39 is 6.10 Å². The van der Waals surface area contributed by atoms with Gasteiger partial charge in [0.1, 0.15) is 5.75 Å². The fourth-order valence-electron chi connectivity index (χ4n) is 4.15. The van der Waals surface area contributed by atoms with E-state index in [9.17, 15) is 9.90 Å². The third kappa shape index (κ3) is 6.39. The highest BCUT2D eigenvalue weighted by Crippen LogP contribution is 2.22. The number of aliphatic hydroxyl groups is 1. The highest BCUT2D eigenvalue weighted by Gasteiger charge is 2.34. The fraction of sp³-hybridized carbons (Fsp3) is 0.360. The molecule has 2 heterocycles. The Balaban J connectivity index is 1.26. The van der Waals surface area contributed by atoms with Gasteiger partial charge in [0, 0.05) is 43.2 Å². The molecular weight excluding hydrogens is 436 g/mol. The molecule has 2 aromatic carbocycles. The normalized spacial score (nSPS) is 18.5. The number of nitrogens with zero attached hydrogens (tertiary/aromatic N) is 3. The molecule has 4 rings (SSSR count). The van der Waals surface area contributed by atoms with Gasteiger partial charge < -0.3 is 15.2 Å². The van der Waals surface area contributed by atoms with Crippen LogP contribution in [0.4, 0.5) is 5.13 Å². The van der Waals surface area contributed by atoms with Crippen LogP contribution in [0.5, 0.6) is 5.75 Å². The van der Waals surface area contributed by atoms with E-state index in [0.29, 0.717) is 18.2 Å². The van der Waals surface area contributed by atoms with Crippen LogP contribution >= 0.6 is 11.3 Å². The van der Waals surface area contributed by atoms with Gasteiger partial charge in [0.25, 0.3) is 0 Å². The Kier molecular flexibility index (Phi) is 7.72. The van der Waals surface area contributed by atoms with E-state index in [2.05, 4.69) is 27.3 Å². The molecule has 33 heavy (non-hydrogen) atoms. The Bertz CT molecular complexity index is 1040. The van der Waals surface area contributed by atoms with Gasteiger partial charge in [-0.2, -0.15) is 0 Å². The van der Waals surface area contributed by atoms with Gasteiger partial charge in [-0.1, -0.05) is 42.5 Å². The van der Waals surface area contributed by atoms with Crippen molar-refractivity contribution < 1.29 is 14.6 Å². The van der Waals surface area contributed by atoms with Crippen LogP contribution in [0.3, 0.4) is 0 Å². The molecule has 174 valence electrons. The van der Waals surface area contributed by atoms with E-state index >= 15 is 0 Å². The Morgan fingerprint density at radius 2 is 1.94 bits per heavy atom. The molecule has 0 unspecified atom stereocenters. The minimum atomic E-state index is -0.501. The largest absolute Gasteiger partial charge is 0.497 e. The van der Waals surface area contributed by atoms with Crippen molar-refractivity contribution in [1.82, 2.24) is 14.8 Å². The van der Waals surface area contributed by atoms with Gasteiger partial charge in [-0.3, -0.25) is 14.6 Å². The van der Waals surface area contributed by atoms with Gasteiger partial charge in [-0.15, -0.1) is 11.3 Å². The number of ether oxygens (including phenoxy) is 1. The molecule has 3 aromatic rings. The summed E-state index contributed by atoms with van der Waals surface area (Å²) in [7, 11) is 3.66. The van der Waals surface area contributed by atoms with Crippen molar-refractivity contribution >= 4 is 22.4 Å². The van der Waals surface area contributed by atoms with Crippen molar-refractivity contribution in [1.29, 1.82) is 0 Å². The number of anilines is 1. The third-order valence-corrected chi connectivity index (χ3v) is 6.79. The number of benzene rings is 2. The van der Waals surface area contributed by atoms with Gasteiger partial charge in [0.15, 0.2) is 5.13 Å². The number of aliphatic hydroxyl groups excluding tert-OH is 1.